The average molecular weight is 345 g/mol. The van der Waals surface area contributed by atoms with Gasteiger partial charge in [0, 0.05) is 5.56 Å². The van der Waals surface area contributed by atoms with Crippen molar-refractivity contribution in [3.8, 4) is 5.75 Å². The molecule has 0 aliphatic carbocycles. The van der Waals surface area contributed by atoms with E-state index in [1.165, 1.54) is 0 Å². The lowest BCUT2D eigenvalue weighted by molar-refractivity contribution is 0.0902. The molecule has 0 aliphatic heterocycles. The van der Waals surface area contributed by atoms with Gasteiger partial charge in [-0.1, -0.05) is 60.7 Å². The standard InChI is InChI=1S/C22H19NO3/c24-20(15-23-22(25)18-11-5-2-6-12-18)19-13-7-8-14-21(19)26-16-17-9-3-1-4-10-17/h1-14H,15-16H2,(H,23,25). The van der Waals surface area contributed by atoms with Gasteiger partial charge in [-0.05, 0) is 29.8 Å². The smallest absolute Gasteiger partial charge is 0.251 e. The number of hydrogen-bond donors (Lipinski definition) is 1. The number of ketones is 1. The maximum atomic E-state index is 12.5. The molecule has 0 saturated carbocycles. The number of carbonyl (C=O) groups excluding carboxylic acids is 2. The molecule has 0 aromatic heterocycles. The number of carbonyl (C=O) groups is 2. The number of amides is 1. The summed E-state index contributed by atoms with van der Waals surface area (Å²) in [6.07, 6.45) is 0. The van der Waals surface area contributed by atoms with Crippen molar-refractivity contribution in [2.24, 2.45) is 0 Å². The molecule has 0 bridgehead atoms. The van der Waals surface area contributed by atoms with E-state index < -0.39 is 0 Å². The van der Waals surface area contributed by atoms with Crippen molar-refractivity contribution in [1.29, 1.82) is 0 Å². The zero-order valence-corrected chi connectivity index (χ0v) is 14.2. The molecule has 0 atom stereocenters. The van der Waals surface area contributed by atoms with E-state index in [0.29, 0.717) is 23.5 Å². The van der Waals surface area contributed by atoms with Gasteiger partial charge in [0.15, 0.2) is 5.78 Å². The van der Waals surface area contributed by atoms with Gasteiger partial charge in [-0.25, -0.2) is 0 Å². The molecular formula is C22H19NO3. The van der Waals surface area contributed by atoms with Crippen molar-refractivity contribution < 1.29 is 14.3 Å². The quantitative estimate of drug-likeness (QED) is 0.661. The third kappa shape index (κ3) is 4.57. The summed E-state index contributed by atoms with van der Waals surface area (Å²) in [7, 11) is 0. The Morgan fingerprint density at radius 1 is 0.769 bits per heavy atom. The highest BCUT2D eigenvalue weighted by Gasteiger charge is 2.14. The first-order valence-electron chi connectivity index (χ1n) is 8.36. The maximum Gasteiger partial charge on any atom is 0.251 e. The summed E-state index contributed by atoms with van der Waals surface area (Å²) in [5.74, 6) is 0.0369. The van der Waals surface area contributed by atoms with Crippen LogP contribution in [-0.2, 0) is 6.61 Å². The lowest BCUT2D eigenvalue weighted by Crippen LogP contribution is -2.29. The van der Waals surface area contributed by atoms with E-state index >= 15 is 0 Å². The van der Waals surface area contributed by atoms with Crippen LogP contribution in [0.2, 0.25) is 0 Å². The van der Waals surface area contributed by atoms with Crippen LogP contribution < -0.4 is 10.1 Å². The molecule has 3 aromatic rings. The van der Waals surface area contributed by atoms with Gasteiger partial charge in [0.05, 0.1) is 12.1 Å². The number of para-hydroxylation sites is 1. The molecule has 0 spiro atoms. The molecule has 0 radical (unpaired) electrons. The highest BCUT2D eigenvalue weighted by molar-refractivity contribution is 6.03. The van der Waals surface area contributed by atoms with Crippen LogP contribution in [-0.4, -0.2) is 18.2 Å². The summed E-state index contributed by atoms with van der Waals surface area (Å²) in [6.45, 7) is 0.293. The summed E-state index contributed by atoms with van der Waals surface area (Å²) in [5, 5.41) is 2.65. The van der Waals surface area contributed by atoms with Crippen molar-refractivity contribution >= 4 is 11.7 Å². The fourth-order valence-corrected chi connectivity index (χ4v) is 2.51. The van der Waals surface area contributed by atoms with Crippen molar-refractivity contribution in [3.05, 3.63) is 102 Å². The summed E-state index contributed by atoms with van der Waals surface area (Å²) >= 11 is 0. The molecule has 0 heterocycles. The van der Waals surface area contributed by atoms with E-state index in [1.54, 1.807) is 42.5 Å². The Hall–Kier alpha value is -3.40. The second kappa shape index (κ2) is 8.62. The summed E-state index contributed by atoms with van der Waals surface area (Å²) in [4.78, 5) is 24.6. The Labute approximate surface area is 152 Å². The van der Waals surface area contributed by atoms with Gasteiger partial charge >= 0.3 is 0 Å². The van der Waals surface area contributed by atoms with Gasteiger partial charge in [-0.2, -0.15) is 0 Å². The summed E-state index contributed by atoms with van der Waals surface area (Å²) in [6, 6.07) is 25.6. The first-order valence-corrected chi connectivity index (χ1v) is 8.36. The van der Waals surface area contributed by atoms with Crippen LogP contribution in [0.25, 0.3) is 0 Å². The highest BCUT2D eigenvalue weighted by Crippen LogP contribution is 2.20. The van der Waals surface area contributed by atoms with Crippen LogP contribution >= 0.6 is 0 Å². The summed E-state index contributed by atoms with van der Waals surface area (Å²) < 4.78 is 5.80. The molecule has 0 saturated heterocycles. The first-order chi connectivity index (χ1) is 12.7. The first kappa shape index (κ1) is 17.4. The maximum absolute atomic E-state index is 12.5. The van der Waals surface area contributed by atoms with E-state index in [0.717, 1.165) is 5.56 Å². The van der Waals surface area contributed by atoms with Crippen LogP contribution in [0.4, 0.5) is 0 Å². The minimum atomic E-state index is -0.276. The predicted octanol–water partition coefficient (Wildman–Crippen LogP) is 3.88. The molecule has 130 valence electrons. The number of nitrogens with one attached hydrogen (secondary N) is 1. The van der Waals surface area contributed by atoms with Crippen molar-refractivity contribution in [2.45, 2.75) is 6.61 Å². The van der Waals surface area contributed by atoms with Gasteiger partial charge in [-0.15, -0.1) is 0 Å². The normalized spacial score (nSPS) is 10.2. The lowest BCUT2D eigenvalue weighted by Gasteiger charge is -2.11. The molecule has 3 aromatic carbocycles. The minimum absolute atomic E-state index is 0.0839. The summed E-state index contributed by atoms with van der Waals surface area (Å²) in [5.41, 5.74) is 2.00. The number of ether oxygens (including phenoxy) is 1. The van der Waals surface area contributed by atoms with E-state index in [9.17, 15) is 9.59 Å². The van der Waals surface area contributed by atoms with Gasteiger partial charge in [0.1, 0.15) is 12.4 Å². The Morgan fingerprint density at radius 2 is 1.38 bits per heavy atom. The van der Waals surface area contributed by atoms with Crippen molar-refractivity contribution in [1.82, 2.24) is 5.32 Å². The van der Waals surface area contributed by atoms with Gasteiger partial charge in [0.2, 0.25) is 0 Å². The second-order valence-electron chi connectivity index (χ2n) is 5.74. The Balaban J connectivity index is 1.63. The molecule has 26 heavy (non-hydrogen) atoms. The topological polar surface area (TPSA) is 55.4 Å². The Kier molecular flexibility index (Phi) is 5.78. The molecule has 0 aliphatic rings. The van der Waals surface area contributed by atoms with Crippen LogP contribution in [0.5, 0.6) is 5.75 Å². The minimum Gasteiger partial charge on any atom is -0.488 e. The van der Waals surface area contributed by atoms with Crippen molar-refractivity contribution in [2.75, 3.05) is 6.54 Å². The second-order valence-corrected chi connectivity index (χ2v) is 5.74. The highest BCUT2D eigenvalue weighted by atomic mass is 16.5. The molecule has 4 heteroatoms. The van der Waals surface area contributed by atoms with Crippen LogP contribution in [0, 0.1) is 0 Å². The fraction of sp³-hybridized carbons (Fsp3) is 0.0909. The van der Waals surface area contributed by atoms with E-state index in [4.69, 9.17) is 4.74 Å². The molecule has 4 nitrogen and oxygen atoms in total. The van der Waals surface area contributed by atoms with E-state index in [2.05, 4.69) is 5.32 Å². The zero-order chi connectivity index (χ0) is 18.2. The number of Topliss-reactive ketones (excluding diaryl/α,β-unsaturated/α-hetero) is 1. The van der Waals surface area contributed by atoms with Crippen LogP contribution in [0.3, 0.4) is 0 Å². The molecule has 1 N–H and O–H groups in total. The Morgan fingerprint density at radius 3 is 2.12 bits per heavy atom. The van der Waals surface area contributed by atoms with Gasteiger partial charge < -0.3 is 10.1 Å². The largest absolute Gasteiger partial charge is 0.488 e. The predicted molar refractivity (Wildman–Crippen MR) is 100 cm³/mol. The molecular weight excluding hydrogens is 326 g/mol. The number of hydrogen-bond acceptors (Lipinski definition) is 3. The lowest BCUT2D eigenvalue weighted by atomic mass is 10.1. The SMILES string of the molecule is O=C(NCC(=O)c1ccccc1OCc1ccccc1)c1ccccc1. The number of benzene rings is 3. The number of rotatable bonds is 7. The van der Waals surface area contributed by atoms with Gasteiger partial charge in [-0.3, -0.25) is 9.59 Å². The molecule has 0 fully saturated rings. The van der Waals surface area contributed by atoms with Crippen LogP contribution in [0.1, 0.15) is 26.3 Å². The molecule has 0 unspecified atom stereocenters. The Bertz CT molecular complexity index is 876. The van der Waals surface area contributed by atoms with E-state index in [-0.39, 0.29) is 18.2 Å². The average Bonchev–Trinajstić information content (AvgIpc) is 2.72. The zero-order valence-electron chi connectivity index (χ0n) is 14.2. The van der Waals surface area contributed by atoms with Crippen LogP contribution in [0.15, 0.2) is 84.9 Å². The third-order valence-corrected chi connectivity index (χ3v) is 3.87. The van der Waals surface area contributed by atoms with E-state index in [1.807, 2.05) is 42.5 Å². The fourth-order valence-electron chi connectivity index (χ4n) is 2.51. The van der Waals surface area contributed by atoms with Gasteiger partial charge in [0.25, 0.3) is 5.91 Å². The molecule has 3 rings (SSSR count). The monoisotopic (exact) mass is 345 g/mol. The third-order valence-electron chi connectivity index (χ3n) is 3.87. The molecule has 1 amide bonds. The van der Waals surface area contributed by atoms with Crippen molar-refractivity contribution in [3.63, 3.8) is 0 Å².